The molecule has 3 saturated heterocycles. The molecule has 11 heteroatoms. The summed E-state index contributed by atoms with van der Waals surface area (Å²) in [4.78, 5) is 30.5. The molecule has 1 amide bonds. The summed E-state index contributed by atoms with van der Waals surface area (Å²) in [5.74, 6) is 1.73. The van der Waals surface area contributed by atoms with Gasteiger partial charge in [-0.15, -0.1) is 0 Å². The first-order chi connectivity index (χ1) is 20.8. The van der Waals surface area contributed by atoms with Gasteiger partial charge in [-0.3, -0.25) is 4.79 Å². The molecular formula is C32H48N10O. The number of nitrogen functional groups attached to an aromatic ring is 1. The maximum atomic E-state index is 12.1. The number of nitrogens with zero attached hydrogens (tertiary/aromatic N) is 7. The Balaban J connectivity index is 0.000000400. The maximum absolute atomic E-state index is 12.1. The number of aryl methyl sites for hydroxylation is 2. The van der Waals surface area contributed by atoms with Crippen LogP contribution in [0.1, 0.15) is 61.3 Å². The van der Waals surface area contributed by atoms with Crippen LogP contribution in [-0.2, 0) is 24.2 Å². The van der Waals surface area contributed by atoms with Crippen molar-refractivity contribution >= 4 is 29.3 Å². The van der Waals surface area contributed by atoms with Gasteiger partial charge in [0.05, 0.1) is 36.5 Å². The summed E-state index contributed by atoms with van der Waals surface area (Å²) < 4.78 is 0. The number of carbonyl (C=O) groups excluding carboxylic acids is 1. The van der Waals surface area contributed by atoms with Crippen molar-refractivity contribution in [2.24, 2.45) is 0 Å². The lowest BCUT2D eigenvalue weighted by Gasteiger charge is -2.42. The number of nitriles is 1. The molecule has 1 atom stereocenters. The standard InChI is InChI=1S/C25H32N8O.C5H11N.C2H5N/c1-4-23-29-22-15-31(24-16(2)5-6-21(28)20(24)13-27)10-8-19(22)25(30-23)32-11-12-33(17(3)34)18(14-32)7-9-26;1-6-4-2-3-5-6;1-2-3-1/h5-6,13,18,27H,4,7-8,10-12,14-15,28H2,1-3H3;2-5H2,1H3;3H,1-2H2. The third kappa shape index (κ3) is 8.21. The van der Waals surface area contributed by atoms with Crippen molar-refractivity contribution in [3.8, 4) is 6.07 Å². The predicted molar refractivity (Wildman–Crippen MR) is 173 cm³/mol. The lowest BCUT2D eigenvalue weighted by Crippen LogP contribution is -2.55. The average Bonchev–Trinajstić information content (AvgIpc) is 3.82. The molecule has 0 radical (unpaired) electrons. The van der Waals surface area contributed by atoms with E-state index in [4.69, 9.17) is 21.1 Å². The van der Waals surface area contributed by atoms with Crippen molar-refractivity contribution in [3.05, 3.63) is 40.3 Å². The Kier molecular flexibility index (Phi) is 11.3. The van der Waals surface area contributed by atoms with E-state index in [-0.39, 0.29) is 11.9 Å². The smallest absolute Gasteiger partial charge is 0.219 e. The maximum Gasteiger partial charge on any atom is 0.219 e. The average molecular weight is 589 g/mol. The highest BCUT2D eigenvalue weighted by atomic mass is 16.2. The Morgan fingerprint density at radius 3 is 2.44 bits per heavy atom. The number of fused-ring (bicyclic) bond motifs is 1. The van der Waals surface area contributed by atoms with Crippen LogP contribution < -0.4 is 20.9 Å². The van der Waals surface area contributed by atoms with E-state index >= 15 is 0 Å². The highest BCUT2D eigenvalue weighted by Gasteiger charge is 2.33. The molecule has 6 rings (SSSR count). The molecule has 0 aliphatic carbocycles. The molecule has 2 aromatic rings. The lowest BCUT2D eigenvalue weighted by atomic mass is 9.99. The van der Waals surface area contributed by atoms with Crippen LogP contribution in [0.5, 0.6) is 0 Å². The molecule has 1 unspecified atom stereocenters. The minimum atomic E-state index is -0.142. The first-order valence-corrected chi connectivity index (χ1v) is 15.6. The van der Waals surface area contributed by atoms with E-state index in [1.807, 2.05) is 26.0 Å². The van der Waals surface area contributed by atoms with Crippen LogP contribution in [0.3, 0.4) is 0 Å². The number of hydrogen-bond acceptors (Lipinski definition) is 10. The van der Waals surface area contributed by atoms with Crippen LogP contribution >= 0.6 is 0 Å². The van der Waals surface area contributed by atoms with E-state index in [1.165, 1.54) is 45.2 Å². The number of likely N-dealkylation sites (tertiary alicyclic amines) is 1. The van der Waals surface area contributed by atoms with Gasteiger partial charge in [0.25, 0.3) is 0 Å². The Bertz CT molecular complexity index is 1310. The fourth-order valence-electron chi connectivity index (χ4n) is 5.99. The summed E-state index contributed by atoms with van der Waals surface area (Å²) in [7, 11) is 2.17. The normalized spacial score (nSPS) is 19.3. The van der Waals surface area contributed by atoms with Gasteiger partial charge in [0, 0.05) is 75.6 Å². The van der Waals surface area contributed by atoms with E-state index in [1.54, 1.807) is 11.8 Å². The zero-order chi connectivity index (χ0) is 30.9. The summed E-state index contributed by atoms with van der Waals surface area (Å²) in [6.07, 6.45) is 5.96. The van der Waals surface area contributed by atoms with Crippen LogP contribution in [0.4, 0.5) is 17.2 Å². The second kappa shape index (κ2) is 15.1. The van der Waals surface area contributed by atoms with E-state index in [9.17, 15) is 10.1 Å². The zero-order valence-electron chi connectivity index (χ0n) is 26.3. The Morgan fingerprint density at radius 2 is 1.88 bits per heavy atom. The monoisotopic (exact) mass is 588 g/mol. The number of benzene rings is 1. The SMILES string of the molecule is C1CN1.CCc1nc2c(c(N3CCN(C(C)=O)C(CC#N)C3)n1)CCN(c1c(C)ccc(N)c1C=N)C2.CN1CCCC1. The molecular weight excluding hydrogens is 540 g/mol. The van der Waals surface area contributed by atoms with Crippen molar-refractivity contribution in [2.45, 2.75) is 65.5 Å². The van der Waals surface area contributed by atoms with Crippen molar-refractivity contribution in [2.75, 3.05) is 74.9 Å². The van der Waals surface area contributed by atoms with Gasteiger partial charge in [-0.25, -0.2) is 9.97 Å². The quantitative estimate of drug-likeness (QED) is 0.272. The molecule has 4 aliphatic heterocycles. The van der Waals surface area contributed by atoms with Crippen molar-refractivity contribution in [1.82, 2.24) is 25.1 Å². The molecule has 4 aliphatic rings. The van der Waals surface area contributed by atoms with E-state index < -0.39 is 0 Å². The van der Waals surface area contributed by atoms with Gasteiger partial charge in [0.1, 0.15) is 11.6 Å². The van der Waals surface area contributed by atoms with Crippen molar-refractivity contribution in [1.29, 1.82) is 10.7 Å². The molecule has 4 N–H and O–H groups in total. The Morgan fingerprint density at radius 1 is 1.16 bits per heavy atom. The van der Waals surface area contributed by atoms with Crippen LogP contribution in [0.15, 0.2) is 12.1 Å². The zero-order valence-corrected chi connectivity index (χ0v) is 26.3. The molecule has 232 valence electrons. The first-order valence-electron chi connectivity index (χ1n) is 15.6. The number of rotatable bonds is 5. The number of nitrogens with one attached hydrogen (secondary N) is 2. The van der Waals surface area contributed by atoms with Gasteiger partial charge in [-0.2, -0.15) is 5.26 Å². The molecule has 0 bridgehead atoms. The number of carbonyl (C=O) groups is 1. The first kappa shape index (κ1) is 32.2. The number of nitrogens with two attached hydrogens (primary N) is 1. The van der Waals surface area contributed by atoms with Crippen molar-refractivity contribution < 1.29 is 4.79 Å². The number of piperazine rings is 1. The number of aromatic nitrogens is 2. The fourth-order valence-corrected chi connectivity index (χ4v) is 5.99. The molecule has 1 aromatic heterocycles. The van der Waals surface area contributed by atoms with Gasteiger partial charge in [0.2, 0.25) is 5.91 Å². The topological polar surface area (TPSA) is 151 Å². The second-order valence-corrected chi connectivity index (χ2v) is 11.7. The minimum absolute atomic E-state index is 0.00834. The van der Waals surface area contributed by atoms with Gasteiger partial charge >= 0.3 is 0 Å². The Labute approximate surface area is 256 Å². The summed E-state index contributed by atoms with van der Waals surface area (Å²) in [5, 5.41) is 20.2. The van der Waals surface area contributed by atoms with Crippen LogP contribution in [0, 0.1) is 23.7 Å². The largest absolute Gasteiger partial charge is 0.398 e. The molecule has 0 spiro atoms. The molecule has 1 aromatic carbocycles. The molecule has 5 heterocycles. The number of hydrogen-bond donors (Lipinski definition) is 3. The van der Waals surface area contributed by atoms with E-state index in [0.717, 1.165) is 59.1 Å². The molecule has 11 nitrogen and oxygen atoms in total. The summed E-state index contributed by atoms with van der Waals surface area (Å²) in [6.45, 7) is 14.1. The van der Waals surface area contributed by atoms with Crippen molar-refractivity contribution in [3.63, 3.8) is 0 Å². The minimum Gasteiger partial charge on any atom is -0.398 e. The predicted octanol–water partition coefficient (Wildman–Crippen LogP) is 2.74. The highest BCUT2D eigenvalue weighted by Crippen LogP contribution is 2.35. The van der Waals surface area contributed by atoms with Gasteiger partial charge < -0.3 is 36.1 Å². The molecule has 0 saturated carbocycles. The van der Waals surface area contributed by atoms with Gasteiger partial charge in [-0.05, 0) is 58.0 Å². The van der Waals surface area contributed by atoms with Gasteiger partial charge in [-0.1, -0.05) is 13.0 Å². The number of anilines is 3. The molecule has 3 fully saturated rings. The molecule has 43 heavy (non-hydrogen) atoms. The third-order valence-corrected chi connectivity index (χ3v) is 8.41. The Hall–Kier alpha value is -3.75. The second-order valence-electron chi connectivity index (χ2n) is 11.7. The highest BCUT2D eigenvalue weighted by molar-refractivity contribution is 5.94. The van der Waals surface area contributed by atoms with E-state index in [2.05, 4.69) is 33.1 Å². The van der Waals surface area contributed by atoms with Crippen LogP contribution in [0.2, 0.25) is 0 Å². The summed E-state index contributed by atoms with van der Waals surface area (Å²) >= 11 is 0. The number of amides is 1. The fraction of sp³-hybridized carbons (Fsp3) is 0.594. The van der Waals surface area contributed by atoms with Crippen LogP contribution in [0.25, 0.3) is 0 Å². The lowest BCUT2D eigenvalue weighted by molar-refractivity contribution is -0.131. The third-order valence-electron chi connectivity index (χ3n) is 8.41. The summed E-state index contributed by atoms with van der Waals surface area (Å²) in [5.41, 5.74) is 11.7. The van der Waals surface area contributed by atoms with Crippen LogP contribution in [-0.4, -0.2) is 97.3 Å². The summed E-state index contributed by atoms with van der Waals surface area (Å²) in [6, 6.07) is 5.95. The van der Waals surface area contributed by atoms with E-state index in [0.29, 0.717) is 38.3 Å². The van der Waals surface area contributed by atoms with Gasteiger partial charge in [0.15, 0.2) is 0 Å².